The molecule has 21 heavy (non-hydrogen) atoms. The molecule has 1 heterocycles. The van der Waals surface area contributed by atoms with Crippen molar-refractivity contribution in [3.8, 4) is 0 Å². The van der Waals surface area contributed by atoms with Crippen LogP contribution in [-0.4, -0.2) is 44.2 Å². The van der Waals surface area contributed by atoms with Crippen molar-refractivity contribution >= 4 is 21.6 Å². The first kappa shape index (κ1) is 16.8. The number of likely N-dealkylation sites (N-methyl/N-ethyl adjacent to an activating group) is 1. The molecule has 0 atom stereocenters. The molecule has 1 N–H and O–H groups in total. The molecule has 3 nitrogen and oxygen atoms in total. The molecule has 1 aliphatic heterocycles. The van der Waals surface area contributed by atoms with Crippen molar-refractivity contribution in [3.63, 3.8) is 0 Å². The molecule has 1 aromatic rings. The summed E-state index contributed by atoms with van der Waals surface area (Å²) in [7, 11) is 0. The number of hydrogen-bond acceptors (Lipinski definition) is 3. The Morgan fingerprint density at radius 3 is 2.48 bits per heavy atom. The summed E-state index contributed by atoms with van der Waals surface area (Å²) in [4.78, 5) is 5.00. The molecular formula is C17H28BrN3. The van der Waals surface area contributed by atoms with Crippen LogP contribution in [0.25, 0.3) is 0 Å². The topological polar surface area (TPSA) is 18.5 Å². The SMILES string of the molecule is CCN1CCN(c2ccc(CNCC(C)C)c(Br)c2)CC1. The van der Waals surface area contributed by atoms with Crippen LogP contribution in [0.4, 0.5) is 5.69 Å². The lowest BCUT2D eigenvalue weighted by atomic mass is 10.1. The van der Waals surface area contributed by atoms with Crippen molar-refractivity contribution in [2.75, 3.05) is 44.2 Å². The van der Waals surface area contributed by atoms with E-state index in [4.69, 9.17) is 0 Å². The van der Waals surface area contributed by atoms with Gasteiger partial charge in [0.1, 0.15) is 0 Å². The summed E-state index contributed by atoms with van der Waals surface area (Å²) in [6.07, 6.45) is 0. The third-order valence-corrected chi connectivity index (χ3v) is 4.83. The summed E-state index contributed by atoms with van der Waals surface area (Å²) in [6.45, 7) is 14.5. The summed E-state index contributed by atoms with van der Waals surface area (Å²) in [6, 6.07) is 6.78. The van der Waals surface area contributed by atoms with E-state index in [1.807, 2.05) is 0 Å². The van der Waals surface area contributed by atoms with Crippen molar-refractivity contribution in [2.24, 2.45) is 5.92 Å². The molecule has 2 rings (SSSR count). The minimum absolute atomic E-state index is 0.693. The van der Waals surface area contributed by atoms with Crippen molar-refractivity contribution in [1.82, 2.24) is 10.2 Å². The molecule has 1 aromatic carbocycles. The van der Waals surface area contributed by atoms with E-state index in [0.717, 1.165) is 32.7 Å². The minimum atomic E-state index is 0.693. The van der Waals surface area contributed by atoms with Gasteiger partial charge in [-0.3, -0.25) is 0 Å². The molecule has 0 spiro atoms. The van der Waals surface area contributed by atoms with E-state index in [1.165, 1.54) is 28.8 Å². The Labute approximate surface area is 137 Å². The maximum atomic E-state index is 3.73. The molecule has 0 bridgehead atoms. The molecule has 1 aliphatic rings. The summed E-state index contributed by atoms with van der Waals surface area (Å²) in [5.41, 5.74) is 2.68. The molecule has 0 saturated carbocycles. The van der Waals surface area contributed by atoms with Gasteiger partial charge < -0.3 is 15.1 Å². The summed E-state index contributed by atoms with van der Waals surface area (Å²) < 4.78 is 1.22. The van der Waals surface area contributed by atoms with Crippen LogP contribution in [0, 0.1) is 5.92 Å². The lowest BCUT2D eigenvalue weighted by Gasteiger charge is -2.35. The second kappa shape index (κ2) is 8.16. The van der Waals surface area contributed by atoms with Gasteiger partial charge in [0.05, 0.1) is 0 Å². The van der Waals surface area contributed by atoms with Crippen molar-refractivity contribution in [1.29, 1.82) is 0 Å². The van der Waals surface area contributed by atoms with Crippen molar-refractivity contribution < 1.29 is 0 Å². The number of anilines is 1. The molecule has 1 saturated heterocycles. The maximum absolute atomic E-state index is 3.73. The second-order valence-corrected chi connectivity index (χ2v) is 7.08. The van der Waals surface area contributed by atoms with E-state index in [1.54, 1.807) is 0 Å². The van der Waals surface area contributed by atoms with Gasteiger partial charge in [-0.05, 0) is 36.7 Å². The van der Waals surface area contributed by atoms with Crippen LogP contribution in [-0.2, 0) is 6.54 Å². The standard InChI is InChI=1S/C17H28BrN3/c1-4-20-7-9-21(10-8-20)16-6-5-15(17(18)11-16)13-19-12-14(2)3/h5-6,11,14,19H,4,7-10,12-13H2,1-3H3. The Bertz CT molecular complexity index is 440. The van der Waals surface area contributed by atoms with Crippen LogP contribution >= 0.6 is 15.9 Å². The Hall–Kier alpha value is -0.580. The predicted molar refractivity (Wildman–Crippen MR) is 95.0 cm³/mol. The first-order chi connectivity index (χ1) is 10.1. The normalized spacial score (nSPS) is 16.7. The van der Waals surface area contributed by atoms with Gasteiger partial charge in [-0.25, -0.2) is 0 Å². The van der Waals surface area contributed by atoms with Gasteiger partial charge >= 0.3 is 0 Å². The second-order valence-electron chi connectivity index (χ2n) is 6.22. The molecule has 1 fully saturated rings. The van der Waals surface area contributed by atoms with E-state index < -0.39 is 0 Å². The van der Waals surface area contributed by atoms with E-state index in [9.17, 15) is 0 Å². The largest absolute Gasteiger partial charge is 0.369 e. The molecule has 0 amide bonds. The molecular weight excluding hydrogens is 326 g/mol. The van der Waals surface area contributed by atoms with E-state index in [2.05, 4.69) is 70.0 Å². The number of benzene rings is 1. The van der Waals surface area contributed by atoms with Gasteiger partial charge in [0.25, 0.3) is 0 Å². The highest BCUT2D eigenvalue weighted by Gasteiger charge is 2.16. The van der Waals surface area contributed by atoms with Crippen LogP contribution in [0.2, 0.25) is 0 Å². The Balaban J connectivity index is 1.92. The highest BCUT2D eigenvalue weighted by molar-refractivity contribution is 9.10. The minimum Gasteiger partial charge on any atom is -0.369 e. The summed E-state index contributed by atoms with van der Waals surface area (Å²) in [5, 5.41) is 3.50. The fourth-order valence-electron chi connectivity index (χ4n) is 2.69. The monoisotopic (exact) mass is 353 g/mol. The number of halogens is 1. The zero-order chi connectivity index (χ0) is 15.2. The van der Waals surface area contributed by atoms with Gasteiger partial charge in [0.2, 0.25) is 0 Å². The Kier molecular flexibility index (Phi) is 6.52. The third-order valence-electron chi connectivity index (χ3n) is 4.09. The average molecular weight is 354 g/mol. The van der Waals surface area contributed by atoms with Gasteiger partial charge in [0.15, 0.2) is 0 Å². The molecule has 0 aromatic heterocycles. The van der Waals surface area contributed by atoms with Crippen LogP contribution in [0.15, 0.2) is 22.7 Å². The fraction of sp³-hybridized carbons (Fsp3) is 0.647. The van der Waals surface area contributed by atoms with E-state index in [0.29, 0.717) is 5.92 Å². The maximum Gasteiger partial charge on any atom is 0.0378 e. The smallest absolute Gasteiger partial charge is 0.0378 e. The predicted octanol–water partition coefficient (Wildman–Crippen LogP) is 3.34. The lowest BCUT2D eigenvalue weighted by Crippen LogP contribution is -2.46. The quantitative estimate of drug-likeness (QED) is 0.845. The first-order valence-electron chi connectivity index (χ1n) is 8.06. The van der Waals surface area contributed by atoms with Crippen LogP contribution in [0.1, 0.15) is 26.3 Å². The van der Waals surface area contributed by atoms with Crippen LogP contribution in [0.5, 0.6) is 0 Å². The van der Waals surface area contributed by atoms with Crippen molar-refractivity contribution in [3.05, 3.63) is 28.2 Å². The fourth-order valence-corrected chi connectivity index (χ4v) is 3.20. The van der Waals surface area contributed by atoms with E-state index in [-0.39, 0.29) is 0 Å². The molecule has 0 unspecified atom stereocenters. The highest BCUT2D eigenvalue weighted by atomic mass is 79.9. The Morgan fingerprint density at radius 1 is 1.19 bits per heavy atom. The molecule has 4 heteroatoms. The molecule has 0 radical (unpaired) electrons. The number of piperazine rings is 1. The zero-order valence-electron chi connectivity index (χ0n) is 13.5. The first-order valence-corrected chi connectivity index (χ1v) is 8.86. The summed E-state index contributed by atoms with van der Waals surface area (Å²) >= 11 is 3.73. The number of nitrogens with one attached hydrogen (secondary N) is 1. The van der Waals surface area contributed by atoms with E-state index >= 15 is 0 Å². The van der Waals surface area contributed by atoms with Crippen molar-refractivity contribution in [2.45, 2.75) is 27.3 Å². The van der Waals surface area contributed by atoms with Crippen LogP contribution < -0.4 is 10.2 Å². The summed E-state index contributed by atoms with van der Waals surface area (Å²) in [5.74, 6) is 0.693. The zero-order valence-corrected chi connectivity index (χ0v) is 15.1. The van der Waals surface area contributed by atoms with Crippen LogP contribution in [0.3, 0.4) is 0 Å². The van der Waals surface area contributed by atoms with Gasteiger partial charge in [0, 0.05) is 42.9 Å². The molecule has 118 valence electrons. The number of hydrogen-bond donors (Lipinski definition) is 1. The van der Waals surface area contributed by atoms with Gasteiger partial charge in [-0.15, -0.1) is 0 Å². The highest BCUT2D eigenvalue weighted by Crippen LogP contribution is 2.25. The third kappa shape index (κ3) is 4.97. The average Bonchev–Trinajstić information content (AvgIpc) is 2.48. The lowest BCUT2D eigenvalue weighted by molar-refractivity contribution is 0.271. The Morgan fingerprint density at radius 2 is 1.90 bits per heavy atom. The molecule has 0 aliphatic carbocycles. The number of nitrogens with zero attached hydrogens (tertiary/aromatic N) is 2. The van der Waals surface area contributed by atoms with Gasteiger partial charge in [-0.2, -0.15) is 0 Å². The number of rotatable bonds is 6. The van der Waals surface area contributed by atoms with Gasteiger partial charge in [-0.1, -0.05) is 42.8 Å².